The van der Waals surface area contributed by atoms with Crippen LogP contribution < -0.4 is 10.1 Å². The van der Waals surface area contributed by atoms with Crippen molar-refractivity contribution in [2.24, 2.45) is 0 Å². The zero-order chi connectivity index (χ0) is 25.7. The van der Waals surface area contributed by atoms with E-state index in [1.807, 2.05) is 42.6 Å². The third-order valence-electron chi connectivity index (χ3n) is 7.10. The van der Waals surface area contributed by atoms with Gasteiger partial charge in [-0.3, -0.25) is 0 Å². The number of likely N-dealkylation sites (N-methyl/N-ethyl adjacent to an activating group) is 1. The van der Waals surface area contributed by atoms with Gasteiger partial charge in [0.1, 0.15) is 22.4 Å². The third kappa shape index (κ3) is 4.18. The average Bonchev–Trinajstić information content (AvgIpc) is 3.47. The quantitative estimate of drug-likeness (QED) is 0.363. The zero-order valence-corrected chi connectivity index (χ0v) is 21.3. The molecule has 0 aliphatic carbocycles. The molecule has 0 saturated heterocycles. The van der Waals surface area contributed by atoms with Crippen molar-refractivity contribution in [2.45, 2.75) is 25.6 Å². The highest BCUT2D eigenvalue weighted by molar-refractivity contribution is 7.15. The number of nitrogens with zero attached hydrogens (tertiary/aromatic N) is 3. The number of thiophene rings is 1. The molecule has 37 heavy (non-hydrogen) atoms. The summed E-state index contributed by atoms with van der Waals surface area (Å²) in [5, 5.41) is 3.73. The molecule has 2 aromatic carbocycles. The molecule has 2 aromatic heterocycles. The third-order valence-corrected chi connectivity index (χ3v) is 8.35. The molecule has 0 unspecified atom stereocenters. The van der Waals surface area contributed by atoms with Crippen molar-refractivity contribution in [3.63, 3.8) is 0 Å². The number of hydrogen-bond acceptors (Lipinski definition) is 4. The number of fused-ring (bicyclic) bond motifs is 5. The highest BCUT2D eigenvalue weighted by Crippen LogP contribution is 2.44. The molecule has 6 nitrogen and oxygen atoms in total. The molecule has 2 amide bonds. The molecule has 9 heteroatoms. The fraction of sp³-hybridized carbons (Fsp3) is 0.250. The van der Waals surface area contributed by atoms with Crippen LogP contribution in [0.1, 0.15) is 33.3 Å². The summed E-state index contributed by atoms with van der Waals surface area (Å²) in [7, 11) is 3.72. The minimum Gasteiger partial charge on any atom is -0.497 e. The van der Waals surface area contributed by atoms with E-state index in [0.29, 0.717) is 12.3 Å². The van der Waals surface area contributed by atoms with E-state index in [1.165, 1.54) is 10.4 Å². The second kappa shape index (κ2) is 9.32. The Labute approximate surface area is 217 Å². The predicted molar refractivity (Wildman–Crippen MR) is 139 cm³/mol. The van der Waals surface area contributed by atoms with Gasteiger partial charge in [0, 0.05) is 35.8 Å². The number of aromatic nitrogens is 1. The second-order valence-corrected chi connectivity index (χ2v) is 10.5. The maximum atomic E-state index is 14.5. The first-order chi connectivity index (χ1) is 17.9. The molecule has 4 heterocycles. The molecule has 1 atom stereocenters. The Bertz CT molecular complexity index is 1500. The van der Waals surface area contributed by atoms with Crippen molar-refractivity contribution < 1.29 is 18.3 Å². The van der Waals surface area contributed by atoms with Crippen LogP contribution in [0.25, 0.3) is 5.00 Å². The van der Waals surface area contributed by atoms with Gasteiger partial charge in [-0.05, 0) is 61.0 Å². The summed E-state index contributed by atoms with van der Waals surface area (Å²) in [6.45, 7) is 2.13. The molecule has 190 valence electrons. The second-order valence-electron chi connectivity index (χ2n) is 9.44. The molecule has 2 aliphatic rings. The van der Waals surface area contributed by atoms with E-state index < -0.39 is 23.7 Å². The maximum Gasteiger partial charge on any atom is 0.323 e. The van der Waals surface area contributed by atoms with Crippen molar-refractivity contribution >= 4 is 23.1 Å². The van der Waals surface area contributed by atoms with Crippen LogP contribution in [-0.2, 0) is 19.5 Å². The van der Waals surface area contributed by atoms with E-state index in [9.17, 15) is 13.6 Å². The van der Waals surface area contributed by atoms with Gasteiger partial charge in [0.15, 0.2) is 0 Å². The molecule has 1 N–H and O–H groups in total. The zero-order valence-electron chi connectivity index (χ0n) is 20.5. The Balaban J connectivity index is 1.51. The number of rotatable bonds is 3. The standard InChI is InChI=1S/C28H26F2N4O2S/c1-32-12-10-20-21-15-34(28(35)31-23-14-18(29)8-9-22(23)30)26(17-5-3-6-19(13-17)36-2)24-7-4-11-33(24)27(21)37-25(20)16-32/h3-9,11,13-14,26H,10,12,15-16H2,1-2H3,(H,31,35)/t26-/m0/s1. The Morgan fingerprint density at radius 1 is 1.08 bits per heavy atom. The van der Waals surface area contributed by atoms with E-state index in [4.69, 9.17) is 4.74 Å². The molecular formula is C28H26F2N4O2S. The van der Waals surface area contributed by atoms with Crippen LogP contribution in [0.15, 0.2) is 60.8 Å². The number of urea groups is 1. The van der Waals surface area contributed by atoms with Crippen molar-refractivity contribution in [1.29, 1.82) is 0 Å². The van der Waals surface area contributed by atoms with Gasteiger partial charge in [-0.25, -0.2) is 13.6 Å². The SMILES string of the molecule is COc1cccc([C@H]2c3cccn3-c3sc4c(c3CN2C(=O)Nc2cc(F)ccc2F)CCN(C)C4)c1. The average molecular weight is 521 g/mol. The number of carbonyl (C=O) groups is 1. The summed E-state index contributed by atoms with van der Waals surface area (Å²) >= 11 is 1.76. The Hall–Kier alpha value is -3.69. The number of carbonyl (C=O) groups excluding carboxylic acids is 1. The number of halogens is 2. The van der Waals surface area contributed by atoms with Gasteiger partial charge in [-0.15, -0.1) is 11.3 Å². The number of nitrogens with one attached hydrogen (secondary N) is 1. The summed E-state index contributed by atoms with van der Waals surface area (Å²) in [5.41, 5.74) is 3.96. The van der Waals surface area contributed by atoms with Crippen LogP contribution in [0.3, 0.4) is 0 Å². The van der Waals surface area contributed by atoms with Gasteiger partial charge >= 0.3 is 6.03 Å². The molecule has 0 bridgehead atoms. The van der Waals surface area contributed by atoms with Crippen LogP contribution in [0.2, 0.25) is 0 Å². The summed E-state index contributed by atoms with van der Waals surface area (Å²) in [6.07, 6.45) is 2.92. The lowest BCUT2D eigenvalue weighted by Crippen LogP contribution is -2.38. The lowest BCUT2D eigenvalue weighted by atomic mass is 10.00. The van der Waals surface area contributed by atoms with E-state index in [0.717, 1.165) is 59.5 Å². The van der Waals surface area contributed by atoms with E-state index in [2.05, 4.69) is 21.8 Å². The van der Waals surface area contributed by atoms with Gasteiger partial charge < -0.3 is 24.4 Å². The van der Waals surface area contributed by atoms with Crippen molar-refractivity contribution in [2.75, 3.05) is 26.0 Å². The van der Waals surface area contributed by atoms with Crippen LogP contribution in [0.5, 0.6) is 5.75 Å². The van der Waals surface area contributed by atoms with Crippen LogP contribution >= 0.6 is 11.3 Å². The summed E-state index contributed by atoms with van der Waals surface area (Å²) in [5.74, 6) is -0.641. The Morgan fingerprint density at radius 3 is 2.78 bits per heavy atom. The largest absolute Gasteiger partial charge is 0.497 e. The van der Waals surface area contributed by atoms with Crippen molar-refractivity contribution in [3.05, 3.63) is 99.7 Å². The summed E-state index contributed by atoms with van der Waals surface area (Å²) in [4.78, 5) is 19.2. The smallest absolute Gasteiger partial charge is 0.323 e. The minimum atomic E-state index is -0.692. The Morgan fingerprint density at radius 2 is 1.95 bits per heavy atom. The van der Waals surface area contributed by atoms with Gasteiger partial charge in [-0.1, -0.05) is 12.1 Å². The molecule has 0 spiro atoms. The van der Waals surface area contributed by atoms with Gasteiger partial charge in [0.25, 0.3) is 0 Å². The van der Waals surface area contributed by atoms with Crippen LogP contribution in [0, 0.1) is 11.6 Å². The van der Waals surface area contributed by atoms with Crippen LogP contribution in [0.4, 0.5) is 19.3 Å². The molecule has 0 fully saturated rings. The number of benzene rings is 2. The van der Waals surface area contributed by atoms with Crippen molar-refractivity contribution in [3.8, 4) is 10.8 Å². The highest BCUT2D eigenvalue weighted by atomic mass is 32.1. The molecule has 6 rings (SSSR count). The number of methoxy groups -OCH3 is 1. The first kappa shape index (κ1) is 23.7. The maximum absolute atomic E-state index is 14.5. The normalized spacial score (nSPS) is 17.0. The first-order valence-corrected chi connectivity index (χ1v) is 12.9. The number of hydrogen-bond donors (Lipinski definition) is 1. The van der Waals surface area contributed by atoms with Crippen LogP contribution in [-0.4, -0.2) is 41.1 Å². The molecule has 4 aromatic rings. The van der Waals surface area contributed by atoms with Gasteiger partial charge in [-0.2, -0.15) is 0 Å². The lowest BCUT2D eigenvalue weighted by molar-refractivity contribution is 0.194. The van der Waals surface area contributed by atoms with Gasteiger partial charge in [0.05, 0.1) is 31.1 Å². The first-order valence-electron chi connectivity index (χ1n) is 12.1. The minimum absolute atomic E-state index is 0.191. The lowest BCUT2D eigenvalue weighted by Gasteiger charge is -2.32. The van der Waals surface area contributed by atoms with E-state index in [1.54, 1.807) is 23.3 Å². The molecule has 0 saturated carbocycles. The van der Waals surface area contributed by atoms with E-state index in [-0.39, 0.29) is 5.69 Å². The monoisotopic (exact) mass is 520 g/mol. The van der Waals surface area contributed by atoms with E-state index >= 15 is 0 Å². The molecule has 0 radical (unpaired) electrons. The topological polar surface area (TPSA) is 49.7 Å². The Kier molecular flexibility index (Phi) is 5.97. The summed E-state index contributed by atoms with van der Waals surface area (Å²) < 4.78 is 36.1. The van der Waals surface area contributed by atoms with Crippen molar-refractivity contribution in [1.82, 2.24) is 14.4 Å². The fourth-order valence-corrected chi connectivity index (χ4v) is 6.74. The molecular weight excluding hydrogens is 494 g/mol. The number of amides is 2. The predicted octanol–water partition coefficient (Wildman–Crippen LogP) is 5.95. The molecule has 2 aliphatic heterocycles. The van der Waals surface area contributed by atoms with Gasteiger partial charge in [0.2, 0.25) is 0 Å². The highest BCUT2D eigenvalue weighted by Gasteiger charge is 2.36. The fourth-order valence-electron chi connectivity index (χ4n) is 5.29. The number of anilines is 1. The summed E-state index contributed by atoms with van der Waals surface area (Å²) in [6, 6.07) is 13.7. The number of ether oxygens (including phenoxy) is 1.